The fourth-order valence-corrected chi connectivity index (χ4v) is 4.62. The third-order valence-electron chi connectivity index (χ3n) is 6.26. The average Bonchev–Trinajstić information content (AvgIpc) is 3.19. The van der Waals surface area contributed by atoms with Crippen molar-refractivity contribution in [1.82, 2.24) is 15.5 Å². The van der Waals surface area contributed by atoms with Crippen LogP contribution in [0.1, 0.15) is 55.7 Å². The molecule has 32 heavy (non-hydrogen) atoms. The second-order valence-electron chi connectivity index (χ2n) is 8.68. The van der Waals surface area contributed by atoms with E-state index in [1.165, 1.54) is 4.90 Å². The van der Waals surface area contributed by atoms with Gasteiger partial charge in [-0.25, -0.2) is 0 Å². The predicted molar refractivity (Wildman–Crippen MR) is 108 cm³/mol. The Labute approximate surface area is 183 Å². The first-order valence-corrected chi connectivity index (χ1v) is 11.0. The van der Waals surface area contributed by atoms with Gasteiger partial charge in [0.2, 0.25) is 5.91 Å². The van der Waals surface area contributed by atoms with Gasteiger partial charge in [-0.1, -0.05) is 0 Å². The summed E-state index contributed by atoms with van der Waals surface area (Å²) in [5.74, 6) is -0.499. The van der Waals surface area contributed by atoms with Gasteiger partial charge in [-0.05, 0) is 69.3 Å². The van der Waals surface area contributed by atoms with Crippen LogP contribution in [-0.4, -0.2) is 42.5 Å². The van der Waals surface area contributed by atoms with Crippen LogP contribution in [0.15, 0.2) is 18.2 Å². The number of benzene rings is 1. The lowest BCUT2D eigenvalue weighted by atomic mass is 10.0. The van der Waals surface area contributed by atoms with E-state index in [0.717, 1.165) is 32.4 Å². The van der Waals surface area contributed by atoms with E-state index >= 15 is 0 Å². The highest BCUT2D eigenvalue weighted by molar-refractivity contribution is 5.79. The van der Waals surface area contributed by atoms with Gasteiger partial charge in [0, 0.05) is 37.6 Å². The molecule has 1 amide bonds. The second kappa shape index (κ2) is 9.99. The van der Waals surface area contributed by atoms with Crippen molar-refractivity contribution in [3.8, 4) is 0 Å². The van der Waals surface area contributed by atoms with Gasteiger partial charge in [-0.2, -0.15) is 26.3 Å². The van der Waals surface area contributed by atoms with E-state index in [9.17, 15) is 31.1 Å². The lowest BCUT2D eigenvalue weighted by Gasteiger charge is -2.28. The summed E-state index contributed by atoms with van der Waals surface area (Å²) in [6, 6.07) is 2.05. The molecule has 2 aliphatic rings. The van der Waals surface area contributed by atoms with E-state index in [4.69, 9.17) is 0 Å². The van der Waals surface area contributed by atoms with E-state index in [2.05, 4.69) is 10.6 Å². The molecule has 180 valence electrons. The van der Waals surface area contributed by atoms with Crippen LogP contribution in [0.4, 0.5) is 26.3 Å². The van der Waals surface area contributed by atoms with Gasteiger partial charge in [-0.3, -0.25) is 4.79 Å². The first-order valence-electron chi connectivity index (χ1n) is 11.0. The number of amides is 1. The molecule has 1 aliphatic carbocycles. The highest BCUT2D eigenvalue weighted by Gasteiger charge is 2.38. The fourth-order valence-electron chi connectivity index (χ4n) is 4.62. The minimum atomic E-state index is -4.91. The summed E-state index contributed by atoms with van der Waals surface area (Å²) in [7, 11) is 0. The Morgan fingerprint density at radius 1 is 1.03 bits per heavy atom. The third-order valence-corrected chi connectivity index (χ3v) is 6.26. The van der Waals surface area contributed by atoms with Crippen LogP contribution in [0.3, 0.4) is 0 Å². The molecular formula is C22H29F6N3O. The van der Waals surface area contributed by atoms with Crippen LogP contribution < -0.4 is 10.6 Å². The number of halogens is 6. The van der Waals surface area contributed by atoms with Crippen LogP contribution in [-0.2, 0) is 23.7 Å². The predicted octanol–water partition coefficient (Wildman–Crippen LogP) is 4.58. The van der Waals surface area contributed by atoms with Crippen LogP contribution in [0.5, 0.6) is 0 Å². The Bertz CT molecular complexity index is 757. The van der Waals surface area contributed by atoms with E-state index < -0.39 is 23.5 Å². The number of nitrogens with zero attached hydrogens (tertiary/aromatic N) is 1. The van der Waals surface area contributed by atoms with E-state index in [1.807, 2.05) is 0 Å². The molecule has 1 heterocycles. The van der Waals surface area contributed by atoms with Gasteiger partial charge in [0.25, 0.3) is 0 Å². The summed E-state index contributed by atoms with van der Waals surface area (Å²) in [6.07, 6.45) is -5.55. The number of rotatable bonds is 6. The van der Waals surface area contributed by atoms with Crippen molar-refractivity contribution in [2.24, 2.45) is 5.92 Å². The molecule has 1 saturated carbocycles. The molecule has 4 nitrogen and oxygen atoms in total. The van der Waals surface area contributed by atoms with Gasteiger partial charge in [0.05, 0.1) is 11.1 Å². The largest absolute Gasteiger partial charge is 0.416 e. The normalized spacial score (nSPS) is 24.5. The summed E-state index contributed by atoms with van der Waals surface area (Å²) in [4.78, 5) is 14.4. The quantitative estimate of drug-likeness (QED) is 0.605. The molecule has 2 fully saturated rings. The zero-order valence-corrected chi connectivity index (χ0v) is 18.0. The molecule has 0 spiro atoms. The Morgan fingerprint density at radius 3 is 2.22 bits per heavy atom. The first-order chi connectivity index (χ1) is 15.0. The molecule has 3 rings (SSSR count). The Balaban J connectivity index is 1.68. The first kappa shape index (κ1) is 24.8. The van der Waals surface area contributed by atoms with Gasteiger partial charge >= 0.3 is 12.4 Å². The minimum absolute atomic E-state index is 0.106. The maximum absolute atomic E-state index is 13.1. The minimum Gasteiger partial charge on any atom is -0.338 e. The number of nitrogens with one attached hydrogen (secondary N) is 2. The maximum Gasteiger partial charge on any atom is 0.416 e. The Kier molecular flexibility index (Phi) is 7.75. The van der Waals surface area contributed by atoms with Crippen LogP contribution >= 0.6 is 0 Å². The summed E-state index contributed by atoms with van der Waals surface area (Å²) < 4.78 is 78.8. The van der Waals surface area contributed by atoms with Crippen molar-refractivity contribution in [3.63, 3.8) is 0 Å². The fraction of sp³-hybridized carbons (Fsp3) is 0.682. The summed E-state index contributed by atoms with van der Waals surface area (Å²) >= 11 is 0. The van der Waals surface area contributed by atoms with Gasteiger partial charge in [-0.15, -0.1) is 0 Å². The average molecular weight is 465 g/mol. The molecule has 3 atom stereocenters. The van der Waals surface area contributed by atoms with Crippen molar-refractivity contribution in [3.05, 3.63) is 34.9 Å². The lowest BCUT2D eigenvalue weighted by molar-refractivity contribution is -0.143. The molecule has 0 radical (unpaired) electrons. The number of carbonyl (C=O) groups is 1. The van der Waals surface area contributed by atoms with E-state index in [0.29, 0.717) is 31.0 Å². The molecule has 3 unspecified atom stereocenters. The highest BCUT2D eigenvalue weighted by Crippen LogP contribution is 2.37. The van der Waals surface area contributed by atoms with Gasteiger partial charge in [0.15, 0.2) is 0 Å². The monoisotopic (exact) mass is 465 g/mol. The van der Waals surface area contributed by atoms with Crippen molar-refractivity contribution in [2.75, 3.05) is 19.6 Å². The molecule has 1 saturated heterocycles. The van der Waals surface area contributed by atoms with Crippen LogP contribution in [0.25, 0.3) is 0 Å². The number of alkyl halides is 6. The summed E-state index contributed by atoms with van der Waals surface area (Å²) in [5.41, 5.74) is -2.91. The standard InChI is InChI=1S/C22H29F6N3O/c1-2-31(13-14-8-16(21(23,24)25)11-17(9-14)22(26,27)28)20(32)15-5-6-18(10-15)30-19-4-3-7-29-12-19/h8-9,11,15,18-19,29-30H,2-7,10,12-13H2,1H3. The molecule has 2 N–H and O–H groups in total. The highest BCUT2D eigenvalue weighted by atomic mass is 19.4. The zero-order chi connectivity index (χ0) is 23.5. The maximum atomic E-state index is 13.1. The van der Waals surface area contributed by atoms with Crippen LogP contribution in [0.2, 0.25) is 0 Å². The van der Waals surface area contributed by atoms with Crippen molar-refractivity contribution < 1.29 is 31.1 Å². The van der Waals surface area contributed by atoms with Crippen molar-refractivity contribution >= 4 is 5.91 Å². The topological polar surface area (TPSA) is 44.4 Å². The number of piperidine rings is 1. The Hall–Kier alpha value is -1.81. The van der Waals surface area contributed by atoms with Gasteiger partial charge < -0.3 is 15.5 Å². The lowest BCUT2D eigenvalue weighted by Crippen LogP contribution is -2.47. The second-order valence-corrected chi connectivity index (χ2v) is 8.68. The molecule has 10 heteroatoms. The third kappa shape index (κ3) is 6.37. The number of hydrogen-bond acceptors (Lipinski definition) is 3. The molecule has 0 aromatic heterocycles. The molecule has 1 aromatic carbocycles. The molecular weight excluding hydrogens is 436 g/mol. The number of hydrogen-bond donors (Lipinski definition) is 2. The molecule has 1 aromatic rings. The molecule has 1 aliphatic heterocycles. The van der Waals surface area contributed by atoms with E-state index in [1.54, 1.807) is 6.92 Å². The smallest absolute Gasteiger partial charge is 0.338 e. The SMILES string of the molecule is CCN(Cc1cc(C(F)(F)F)cc(C(F)(F)F)c1)C(=O)C1CCC(NC2CCCNC2)C1. The van der Waals surface area contributed by atoms with Crippen LogP contribution in [0, 0.1) is 5.92 Å². The van der Waals surface area contributed by atoms with Crippen molar-refractivity contribution in [2.45, 2.75) is 70.0 Å². The van der Waals surface area contributed by atoms with E-state index in [-0.39, 0.29) is 42.6 Å². The molecule has 0 bridgehead atoms. The number of carbonyl (C=O) groups excluding carboxylic acids is 1. The Morgan fingerprint density at radius 2 is 1.69 bits per heavy atom. The summed E-state index contributed by atoms with van der Waals surface area (Å²) in [6.45, 7) is 3.48. The van der Waals surface area contributed by atoms with Gasteiger partial charge in [0.1, 0.15) is 0 Å². The van der Waals surface area contributed by atoms with Crippen molar-refractivity contribution in [1.29, 1.82) is 0 Å². The summed E-state index contributed by atoms with van der Waals surface area (Å²) in [5, 5.41) is 6.90. The zero-order valence-electron chi connectivity index (χ0n) is 18.0.